The summed E-state index contributed by atoms with van der Waals surface area (Å²) in [6.45, 7) is 0. The third kappa shape index (κ3) is 3.32. The van der Waals surface area contributed by atoms with Gasteiger partial charge in [-0.3, -0.25) is 4.79 Å². The van der Waals surface area contributed by atoms with Gasteiger partial charge in [0.15, 0.2) is 0 Å². The number of rotatable bonds is 3. The quantitative estimate of drug-likeness (QED) is 0.765. The van der Waals surface area contributed by atoms with E-state index in [2.05, 4.69) is 37.2 Å². The molecule has 0 saturated carbocycles. The zero-order valence-corrected chi connectivity index (χ0v) is 13.8. The van der Waals surface area contributed by atoms with E-state index >= 15 is 0 Å². The molecule has 0 fully saturated rings. The Balaban J connectivity index is 2.27. The minimum atomic E-state index is -0.249. The van der Waals surface area contributed by atoms with Gasteiger partial charge >= 0.3 is 0 Å². The molecule has 0 aliphatic rings. The number of hydrogen-bond acceptors (Lipinski definition) is 3. The van der Waals surface area contributed by atoms with Crippen molar-refractivity contribution in [3.05, 3.63) is 50.9 Å². The predicted octanol–water partition coefficient (Wildman–Crippen LogP) is 4.05. The molecule has 0 aliphatic heterocycles. The third-order valence-electron chi connectivity index (χ3n) is 2.67. The second-order valence-corrected chi connectivity index (χ2v) is 5.81. The zero-order chi connectivity index (χ0) is 14.7. The number of amides is 1. The topological polar surface area (TPSA) is 64.3 Å². The molecule has 2 aromatic rings. The van der Waals surface area contributed by atoms with Crippen LogP contribution in [0, 0.1) is 0 Å². The average Bonchev–Trinajstić information content (AvgIpc) is 2.42. The number of anilines is 2. The maximum atomic E-state index is 12.2. The Labute approximate surface area is 133 Å². The lowest BCUT2D eigenvalue weighted by molar-refractivity contribution is 0.102. The summed E-state index contributed by atoms with van der Waals surface area (Å²) in [6.07, 6.45) is 0. The lowest BCUT2D eigenvalue weighted by atomic mass is 10.2. The van der Waals surface area contributed by atoms with Crippen molar-refractivity contribution in [3.63, 3.8) is 0 Å². The number of hydrogen-bond donors (Lipinski definition) is 2. The van der Waals surface area contributed by atoms with Crippen LogP contribution in [0.15, 0.2) is 45.3 Å². The van der Waals surface area contributed by atoms with Crippen LogP contribution in [0.25, 0.3) is 0 Å². The highest BCUT2D eigenvalue weighted by Gasteiger charge is 2.11. The summed E-state index contributed by atoms with van der Waals surface area (Å²) in [5.74, 6) is 0.340. The molecular formula is C14H12Br2N2O2. The number of carbonyl (C=O) groups is 1. The molecule has 104 valence electrons. The molecule has 2 aromatic carbocycles. The van der Waals surface area contributed by atoms with E-state index in [1.165, 1.54) is 0 Å². The number of carbonyl (C=O) groups excluding carboxylic acids is 1. The number of nitrogens with one attached hydrogen (secondary N) is 1. The van der Waals surface area contributed by atoms with Gasteiger partial charge in [-0.25, -0.2) is 0 Å². The molecule has 6 heteroatoms. The maximum Gasteiger partial charge on any atom is 0.255 e. The van der Waals surface area contributed by atoms with Crippen LogP contribution in [-0.4, -0.2) is 13.0 Å². The minimum Gasteiger partial charge on any atom is -0.495 e. The summed E-state index contributed by atoms with van der Waals surface area (Å²) in [5, 5.41) is 2.80. The summed E-state index contributed by atoms with van der Waals surface area (Å²) in [6, 6.07) is 10.4. The van der Waals surface area contributed by atoms with Gasteiger partial charge in [0.25, 0.3) is 5.91 Å². The molecule has 0 atom stereocenters. The Morgan fingerprint density at radius 3 is 2.60 bits per heavy atom. The first-order valence-electron chi connectivity index (χ1n) is 5.71. The van der Waals surface area contributed by atoms with E-state index in [0.717, 1.165) is 8.95 Å². The number of ether oxygens (including phenoxy) is 1. The Morgan fingerprint density at radius 1 is 1.20 bits per heavy atom. The van der Waals surface area contributed by atoms with Crippen molar-refractivity contribution in [2.24, 2.45) is 0 Å². The van der Waals surface area contributed by atoms with E-state index in [0.29, 0.717) is 22.7 Å². The van der Waals surface area contributed by atoms with Crippen LogP contribution in [-0.2, 0) is 0 Å². The number of nitrogen functional groups attached to an aromatic ring is 1. The van der Waals surface area contributed by atoms with Gasteiger partial charge < -0.3 is 15.8 Å². The van der Waals surface area contributed by atoms with Crippen molar-refractivity contribution in [2.75, 3.05) is 18.2 Å². The van der Waals surface area contributed by atoms with E-state index in [1.807, 2.05) is 6.07 Å². The van der Waals surface area contributed by atoms with Gasteiger partial charge in [-0.05, 0) is 52.3 Å². The molecule has 20 heavy (non-hydrogen) atoms. The molecule has 0 heterocycles. The van der Waals surface area contributed by atoms with Gasteiger partial charge in [-0.15, -0.1) is 0 Å². The molecular weight excluding hydrogens is 388 g/mol. The van der Waals surface area contributed by atoms with Gasteiger partial charge in [-0.2, -0.15) is 0 Å². The molecule has 2 rings (SSSR count). The molecule has 1 amide bonds. The summed E-state index contributed by atoms with van der Waals surface area (Å²) in [5.41, 5.74) is 7.36. The minimum absolute atomic E-state index is 0.249. The Kier molecular flexibility index (Phi) is 4.67. The highest BCUT2D eigenvalue weighted by Crippen LogP contribution is 2.28. The first-order chi connectivity index (χ1) is 9.51. The maximum absolute atomic E-state index is 12.2. The van der Waals surface area contributed by atoms with E-state index in [1.54, 1.807) is 37.4 Å². The summed E-state index contributed by atoms with van der Waals surface area (Å²) in [4.78, 5) is 12.2. The number of nitrogens with two attached hydrogens (primary N) is 1. The van der Waals surface area contributed by atoms with Crippen LogP contribution >= 0.6 is 31.9 Å². The lowest BCUT2D eigenvalue weighted by Gasteiger charge is -2.11. The van der Waals surface area contributed by atoms with Crippen molar-refractivity contribution in [1.29, 1.82) is 0 Å². The Morgan fingerprint density at radius 2 is 1.95 bits per heavy atom. The van der Waals surface area contributed by atoms with Crippen LogP contribution in [0.5, 0.6) is 5.75 Å². The fourth-order valence-corrected chi connectivity index (χ4v) is 2.27. The molecule has 0 saturated heterocycles. The Hall–Kier alpha value is -1.53. The van der Waals surface area contributed by atoms with E-state index in [-0.39, 0.29) is 5.91 Å². The van der Waals surface area contributed by atoms with Gasteiger partial charge in [0, 0.05) is 20.2 Å². The van der Waals surface area contributed by atoms with Crippen LogP contribution in [0.4, 0.5) is 11.4 Å². The number of halogens is 2. The third-order valence-corrected chi connectivity index (χ3v) is 3.88. The van der Waals surface area contributed by atoms with Crippen LogP contribution in [0.3, 0.4) is 0 Å². The smallest absolute Gasteiger partial charge is 0.255 e. The van der Waals surface area contributed by atoms with Crippen molar-refractivity contribution >= 4 is 49.1 Å². The Bertz CT molecular complexity index is 660. The summed E-state index contributed by atoms with van der Waals surface area (Å²) in [7, 11) is 1.55. The zero-order valence-electron chi connectivity index (χ0n) is 10.6. The van der Waals surface area contributed by atoms with E-state index in [9.17, 15) is 4.79 Å². The first kappa shape index (κ1) is 14.9. The van der Waals surface area contributed by atoms with Crippen molar-refractivity contribution in [2.45, 2.75) is 0 Å². The average molecular weight is 400 g/mol. The lowest BCUT2D eigenvalue weighted by Crippen LogP contribution is -2.13. The van der Waals surface area contributed by atoms with Gasteiger partial charge in [0.05, 0.1) is 12.8 Å². The molecule has 0 spiro atoms. The fourth-order valence-electron chi connectivity index (χ4n) is 1.66. The summed E-state index contributed by atoms with van der Waals surface area (Å²) >= 11 is 6.65. The molecule has 3 N–H and O–H groups in total. The second kappa shape index (κ2) is 6.28. The van der Waals surface area contributed by atoms with Crippen molar-refractivity contribution < 1.29 is 9.53 Å². The normalized spacial score (nSPS) is 10.2. The number of methoxy groups -OCH3 is 1. The molecule has 0 radical (unpaired) electrons. The molecule has 0 unspecified atom stereocenters. The standard InChI is InChI=1S/C14H12Br2N2O2/c1-20-13-5-3-9(15)7-12(13)18-14(19)8-2-4-10(16)11(17)6-8/h2-7H,17H2,1H3,(H,18,19). The largest absolute Gasteiger partial charge is 0.495 e. The van der Waals surface area contributed by atoms with Crippen LogP contribution in [0.1, 0.15) is 10.4 Å². The fraction of sp³-hybridized carbons (Fsp3) is 0.0714. The molecule has 4 nitrogen and oxygen atoms in total. The summed E-state index contributed by atoms with van der Waals surface area (Å²) < 4.78 is 6.82. The molecule has 0 bridgehead atoms. The molecule has 0 aliphatic carbocycles. The van der Waals surface area contributed by atoms with E-state index in [4.69, 9.17) is 10.5 Å². The van der Waals surface area contributed by atoms with Crippen molar-refractivity contribution in [1.82, 2.24) is 0 Å². The van der Waals surface area contributed by atoms with Gasteiger partial charge in [0.2, 0.25) is 0 Å². The second-order valence-electron chi connectivity index (χ2n) is 4.04. The highest BCUT2D eigenvalue weighted by atomic mass is 79.9. The predicted molar refractivity (Wildman–Crippen MR) is 87.2 cm³/mol. The first-order valence-corrected chi connectivity index (χ1v) is 7.30. The van der Waals surface area contributed by atoms with Crippen LogP contribution < -0.4 is 15.8 Å². The monoisotopic (exact) mass is 398 g/mol. The highest BCUT2D eigenvalue weighted by molar-refractivity contribution is 9.10. The van der Waals surface area contributed by atoms with E-state index < -0.39 is 0 Å². The van der Waals surface area contributed by atoms with Crippen LogP contribution in [0.2, 0.25) is 0 Å². The van der Waals surface area contributed by atoms with Crippen molar-refractivity contribution in [3.8, 4) is 5.75 Å². The molecule has 0 aromatic heterocycles. The number of benzene rings is 2. The van der Waals surface area contributed by atoms with Gasteiger partial charge in [0.1, 0.15) is 5.75 Å². The van der Waals surface area contributed by atoms with Gasteiger partial charge in [-0.1, -0.05) is 15.9 Å². The SMILES string of the molecule is COc1ccc(Br)cc1NC(=O)c1ccc(Br)c(N)c1.